The third-order valence-electron chi connectivity index (χ3n) is 3.20. The molecule has 5 nitrogen and oxygen atoms in total. The first-order chi connectivity index (χ1) is 10.2. The van der Waals surface area contributed by atoms with Gasteiger partial charge in [0.1, 0.15) is 6.26 Å². The highest BCUT2D eigenvalue weighted by Crippen LogP contribution is 2.06. The third kappa shape index (κ3) is 4.72. The molecule has 0 aliphatic heterocycles. The zero-order chi connectivity index (χ0) is 15.1. The number of hydrogen-bond acceptors (Lipinski definition) is 4. The van der Waals surface area contributed by atoms with Crippen LogP contribution in [0.15, 0.2) is 41.0 Å². The first kappa shape index (κ1) is 15.3. The van der Waals surface area contributed by atoms with Gasteiger partial charge < -0.3 is 15.1 Å². The van der Waals surface area contributed by atoms with Crippen molar-refractivity contribution in [3.8, 4) is 0 Å². The molecular weight excluding hydrogens is 266 g/mol. The Hall–Kier alpha value is -2.14. The van der Waals surface area contributed by atoms with Gasteiger partial charge in [0.2, 0.25) is 5.89 Å². The maximum atomic E-state index is 12.0. The second-order valence-electron chi connectivity index (χ2n) is 5.06. The molecule has 0 saturated heterocycles. The fourth-order valence-corrected chi connectivity index (χ4v) is 2.05. The molecule has 0 bridgehead atoms. The monoisotopic (exact) mass is 287 g/mol. The molecule has 2 aromatic rings. The Bertz CT molecular complexity index is 566. The molecule has 2 N–H and O–H groups in total. The van der Waals surface area contributed by atoms with Crippen molar-refractivity contribution in [1.82, 2.24) is 15.6 Å². The molecule has 1 heterocycles. The lowest BCUT2D eigenvalue weighted by Gasteiger charge is -2.12. The van der Waals surface area contributed by atoms with Gasteiger partial charge in [-0.1, -0.05) is 30.3 Å². The van der Waals surface area contributed by atoms with Gasteiger partial charge in [-0.25, -0.2) is 4.98 Å². The van der Waals surface area contributed by atoms with E-state index in [9.17, 15) is 4.79 Å². The normalized spacial score (nSPS) is 12.1. The van der Waals surface area contributed by atoms with Crippen LogP contribution in [0.1, 0.15) is 35.3 Å². The van der Waals surface area contributed by atoms with Crippen molar-refractivity contribution in [3.63, 3.8) is 0 Å². The largest absolute Gasteiger partial charge is 0.447 e. The second-order valence-corrected chi connectivity index (χ2v) is 5.06. The summed E-state index contributed by atoms with van der Waals surface area (Å²) in [5.41, 5.74) is 1.60. The van der Waals surface area contributed by atoms with Crippen LogP contribution in [-0.4, -0.2) is 24.0 Å². The lowest BCUT2D eigenvalue weighted by atomic mass is 10.1. The minimum atomic E-state index is -0.193. The molecule has 0 aliphatic carbocycles. The Morgan fingerprint density at radius 1 is 1.33 bits per heavy atom. The van der Waals surface area contributed by atoms with Crippen molar-refractivity contribution >= 4 is 5.91 Å². The number of benzene rings is 1. The molecule has 0 aliphatic rings. The van der Waals surface area contributed by atoms with E-state index in [2.05, 4.69) is 27.8 Å². The molecule has 112 valence electrons. The molecule has 5 heteroatoms. The number of aryl methyl sites for hydroxylation is 1. The van der Waals surface area contributed by atoms with E-state index >= 15 is 0 Å². The summed E-state index contributed by atoms with van der Waals surface area (Å²) in [6, 6.07) is 10.3. The van der Waals surface area contributed by atoms with Crippen molar-refractivity contribution < 1.29 is 9.21 Å². The van der Waals surface area contributed by atoms with Crippen LogP contribution in [0.4, 0.5) is 0 Å². The van der Waals surface area contributed by atoms with E-state index in [-0.39, 0.29) is 11.9 Å². The molecule has 1 unspecified atom stereocenters. The van der Waals surface area contributed by atoms with Crippen LogP contribution in [0.25, 0.3) is 0 Å². The molecule has 1 aromatic heterocycles. The first-order valence-electron chi connectivity index (χ1n) is 7.13. The molecule has 0 spiro atoms. The van der Waals surface area contributed by atoms with Crippen molar-refractivity contribution in [1.29, 1.82) is 0 Å². The molecule has 0 saturated carbocycles. The number of aromatic nitrogens is 1. The van der Waals surface area contributed by atoms with Gasteiger partial charge in [-0.2, -0.15) is 0 Å². The van der Waals surface area contributed by atoms with Crippen molar-refractivity contribution in [3.05, 3.63) is 53.7 Å². The number of carbonyl (C=O) groups is 1. The SMILES string of the molecule is CNCc1nc(C(=O)NC(C)CCc2ccccc2)co1. The predicted octanol–water partition coefficient (Wildman–Crippen LogP) is 2.15. The third-order valence-corrected chi connectivity index (χ3v) is 3.20. The summed E-state index contributed by atoms with van der Waals surface area (Å²) in [5, 5.41) is 5.87. The summed E-state index contributed by atoms with van der Waals surface area (Å²) >= 11 is 0. The topological polar surface area (TPSA) is 67.2 Å². The number of hydrogen-bond donors (Lipinski definition) is 2. The fourth-order valence-electron chi connectivity index (χ4n) is 2.05. The number of nitrogens with zero attached hydrogens (tertiary/aromatic N) is 1. The number of amides is 1. The standard InChI is InChI=1S/C16H21N3O2/c1-12(8-9-13-6-4-3-5-7-13)18-16(20)14-11-21-15(19-14)10-17-2/h3-7,11-12,17H,8-10H2,1-2H3,(H,18,20). The van der Waals surface area contributed by atoms with Crippen LogP contribution in [0.5, 0.6) is 0 Å². The van der Waals surface area contributed by atoms with Gasteiger partial charge in [-0.15, -0.1) is 0 Å². The van der Waals surface area contributed by atoms with Crippen LogP contribution in [0, 0.1) is 0 Å². The van der Waals surface area contributed by atoms with Crippen LogP contribution in [0.3, 0.4) is 0 Å². The Balaban J connectivity index is 1.81. The van der Waals surface area contributed by atoms with Crippen molar-refractivity contribution in [2.45, 2.75) is 32.4 Å². The highest BCUT2D eigenvalue weighted by molar-refractivity contribution is 5.92. The average molecular weight is 287 g/mol. The molecule has 0 radical (unpaired) electrons. The van der Waals surface area contributed by atoms with E-state index in [1.54, 1.807) is 7.05 Å². The maximum absolute atomic E-state index is 12.0. The van der Waals surface area contributed by atoms with E-state index in [1.807, 2.05) is 25.1 Å². The Morgan fingerprint density at radius 2 is 2.10 bits per heavy atom. The van der Waals surface area contributed by atoms with E-state index in [1.165, 1.54) is 11.8 Å². The second kappa shape index (κ2) is 7.59. The van der Waals surface area contributed by atoms with Crippen LogP contribution >= 0.6 is 0 Å². The zero-order valence-electron chi connectivity index (χ0n) is 12.4. The average Bonchev–Trinajstić information content (AvgIpc) is 2.95. The van der Waals surface area contributed by atoms with Gasteiger partial charge in [-0.3, -0.25) is 4.79 Å². The van der Waals surface area contributed by atoms with Gasteiger partial charge in [0.05, 0.1) is 6.54 Å². The van der Waals surface area contributed by atoms with Crippen LogP contribution in [-0.2, 0) is 13.0 Å². The summed E-state index contributed by atoms with van der Waals surface area (Å²) in [6.45, 7) is 2.51. The van der Waals surface area contributed by atoms with E-state index in [4.69, 9.17) is 4.42 Å². The minimum absolute atomic E-state index is 0.0853. The quantitative estimate of drug-likeness (QED) is 0.819. The highest BCUT2D eigenvalue weighted by Gasteiger charge is 2.14. The van der Waals surface area contributed by atoms with Gasteiger partial charge in [0, 0.05) is 6.04 Å². The zero-order valence-corrected chi connectivity index (χ0v) is 12.4. The Morgan fingerprint density at radius 3 is 2.81 bits per heavy atom. The van der Waals surface area contributed by atoms with Gasteiger partial charge >= 0.3 is 0 Å². The molecule has 21 heavy (non-hydrogen) atoms. The predicted molar refractivity (Wildman–Crippen MR) is 81.0 cm³/mol. The van der Waals surface area contributed by atoms with E-state index in [0.29, 0.717) is 18.1 Å². The lowest BCUT2D eigenvalue weighted by molar-refractivity contribution is 0.0933. The van der Waals surface area contributed by atoms with Crippen LogP contribution < -0.4 is 10.6 Å². The number of nitrogens with one attached hydrogen (secondary N) is 2. The van der Waals surface area contributed by atoms with E-state index < -0.39 is 0 Å². The van der Waals surface area contributed by atoms with Crippen molar-refractivity contribution in [2.75, 3.05) is 7.05 Å². The summed E-state index contributed by atoms with van der Waals surface area (Å²) in [4.78, 5) is 16.2. The number of carbonyl (C=O) groups excluding carboxylic acids is 1. The van der Waals surface area contributed by atoms with Gasteiger partial charge in [0.15, 0.2) is 5.69 Å². The minimum Gasteiger partial charge on any atom is -0.447 e. The van der Waals surface area contributed by atoms with Crippen LogP contribution in [0.2, 0.25) is 0 Å². The summed E-state index contributed by atoms with van der Waals surface area (Å²) < 4.78 is 5.20. The summed E-state index contributed by atoms with van der Waals surface area (Å²) in [7, 11) is 1.80. The highest BCUT2D eigenvalue weighted by atomic mass is 16.3. The number of rotatable bonds is 7. The van der Waals surface area contributed by atoms with Gasteiger partial charge in [0.25, 0.3) is 5.91 Å². The molecule has 0 fully saturated rings. The smallest absolute Gasteiger partial charge is 0.273 e. The molecule has 1 aromatic carbocycles. The summed E-state index contributed by atoms with van der Waals surface area (Å²) in [6.07, 6.45) is 3.22. The Labute approximate surface area is 124 Å². The Kier molecular flexibility index (Phi) is 5.51. The molecular formula is C16H21N3O2. The van der Waals surface area contributed by atoms with Gasteiger partial charge in [-0.05, 0) is 32.4 Å². The number of oxazole rings is 1. The lowest BCUT2D eigenvalue weighted by Crippen LogP contribution is -2.33. The molecule has 1 atom stereocenters. The van der Waals surface area contributed by atoms with Crippen molar-refractivity contribution in [2.24, 2.45) is 0 Å². The molecule has 2 rings (SSSR count). The fraction of sp³-hybridized carbons (Fsp3) is 0.375. The van der Waals surface area contributed by atoms with E-state index in [0.717, 1.165) is 12.8 Å². The molecule has 1 amide bonds. The maximum Gasteiger partial charge on any atom is 0.273 e. The summed E-state index contributed by atoms with van der Waals surface area (Å²) in [5.74, 6) is 0.321. The first-order valence-corrected chi connectivity index (χ1v) is 7.13.